The number of nitrogens with zero attached hydrogens (tertiary/aromatic N) is 7. The standard InChI is InChI=1S/C22H32N8O3S/c1-14-10-15(2)29(25-14)13-30-18(5)21(16(3)26-30)24-22(31)19-8-7-9-28(12-19)34(32,33)20-11-23-27(6)17(20)4/h10-11,19H,7-9,12-13H2,1-6H3,(H,24,31)/t19-/m0/s1. The van der Waals surface area contributed by atoms with E-state index in [-0.39, 0.29) is 17.3 Å². The van der Waals surface area contributed by atoms with Crippen LogP contribution < -0.4 is 5.32 Å². The second-order valence-corrected chi connectivity index (χ2v) is 10.9. The predicted molar refractivity (Wildman–Crippen MR) is 127 cm³/mol. The highest BCUT2D eigenvalue weighted by atomic mass is 32.2. The van der Waals surface area contributed by atoms with Crippen LogP contribution in [-0.4, -0.2) is 61.1 Å². The van der Waals surface area contributed by atoms with Crippen molar-refractivity contribution in [3.8, 4) is 0 Å². The van der Waals surface area contributed by atoms with Gasteiger partial charge in [0.05, 0.1) is 40.6 Å². The summed E-state index contributed by atoms with van der Waals surface area (Å²) in [7, 11) is -2.01. The zero-order valence-corrected chi connectivity index (χ0v) is 21.3. The lowest BCUT2D eigenvalue weighted by molar-refractivity contribution is -0.120. The fourth-order valence-electron chi connectivity index (χ4n) is 4.43. The number of rotatable bonds is 6. The summed E-state index contributed by atoms with van der Waals surface area (Å²) in [4.78, 5) is 13.4. The minimum atomic E-state index is -3.72. The van der Waals surface area contributed by atoms with Gasteiger partial charge in [-0.05, 0) is 53.5 Å². The lowest BCUT2D eigenvalue weighted by Crippen LogP contribution is -2.43. The molecule has 0 spiro atoms. The molecule has 4 rings (SSSR count). The average molecular weight is 489 g/mol. The van der Waals surface area contributed by atoms with E-state index in [0.717, 1.165) is 17.1 Å². The molecule has 0 bridgehead atoms. The Labute approximate surface area is 199 Å². The van der Waals surface area contributed by atoms with Crippen LogP contribution in [0.15, 0.2) is 17.2 Å². The molecule has 184 valence electrons. The lowest BCUT2D eigenvalue weighted by Gasteiger charge is -2.31. The van der Waals surface area contributed by atoms with Crippen LogP contribution in [0.4, 0.5) is 5.69 Å². The molecule has 4 heterocycles. The smallest absolute Gasteiger partial charge is 0.246 e. The Hall–Kier alpha value is -2.99. The molecule has 0 radical (unpaired) electrons. The van der Waals surface area contributed by atoms with Crippen LogP contribution >= 0.6 is 0 Å². The molecule has 0 aromatic carbocycles. The van der Waals surface area contributed by atoms with Crippen molar-refractivity contribution >= 4 is 21.6 Å². The fourth-order valence-corrected chi connectivity index (χ4v) is 6.14. The highest BCUT2D eigenvalue weighted by Crippen LogP contribution is 2.27. The van der Waals surface area contributed by atoms with E-state index in [9.17, 15) is 13.2 Å². The van der Waals surface area contributed by atoms with Crippen molar-refractivity contribution in [1.29, 1.82) is 0 Å². The molecule has 1 fully saturated rings. The normalized spacial score (nSPS) is 17.3. The number of aromatic nitrogens is 6. The molecule has 12 heteroatoms. The van der Waals surface area contributed by atoms with E-state index >= 15 is 0 Å². The molecule has 0 aliphatic carbocycles. The van der Waals surface area contributed by atoms with Crippen molar-refractivity contribution in [2.45, 2.75) is 59.0 Å². The minimum Gasteiger partial charge on any atom is -0.323 e. The summed E-state index contributed by atoms with van der Waals surface area (Å²) in [6, 6.07) is 2.00. The zero-order chi connectivity index (χ0) is 24.8. The number of aryl methyl sites for hydroxylation is 4. The largest absolute Gasteiger partial charge is 0.323 e. The monoisotopic (exact) mass is 488 g/mol. The summed E-state index contributed by atoms with van der Waals surface area (Å²) in [6.07, 6.45) is 2.62. The zero-order valence-electron chi connectivity index (χ0n) is 20.5. The van der Waals surface area contributed by atoms with E-state index in [1.54, 1.807) is 14.0 Å². The second kappa shape index (κ2) is 8.99. The van der Waals surface area contributed by atoms with E-state index in [4.69, 9.17) is 0 Å². The van der Waals surface area contributed by atoms with E-state index in [1.807, 2.05) is 43.1 Å². The number of amides is 1. The maximum absolute atomic E-state index is 13.2. The first-order valence-corrected chi connectivity index (χ1v) is 12.8. The van der Waals surface area contributed by atoms with E-state index < -0.39 is 15.9 Å². The van der Waals surface area contributed by atoms with Gasteiger partial charge in [-0.3, -0.25) is 9.48 Å². The summed E-state index contributed by atoms with van der Waals surface area (Å²) >= 11 is 0. The summed E-state index contributed by atoms with van der Waals surface area (Å²) in [5.41, 5.74) is 4.74. The van der Waals surface area contributed by atoms with Crippen LogP contribution in [0.3, 0.4) is 0 Å². The summed E-state index contributed by atoms with van der Waals surface area (Å²) in [5, 5.41) is 16.1. The Bertz CT molecular complexity index is 1330. The maximum Gasteiger partial charge on any atom is 0.246 e. The number of hydrogen-bond donors (Lipinski definition) is 1. The second-order valence-electron chi connectivity index (χ2n) is 9.02. The molecule has 11 nitrogen and oxygen atoms in total. The number of nitrogens with one attached hydrogen (secondary N) is 1. The molecule has 1 amide bonds. The molecule has 34 heavy (non-hydrogen) atoms. The van der Waals surface area contributed by atoms with Crippen molar-refractivity contribution < 1.29 is 13.2 Å². The maximum atomic E-state index is 13.2. The number of piperidine rings is 1. The quantitative estimate of drug-likeness (QED) is 0.566. The van der Waals surface area contributed by atoms with Gasteiger partial charge in [-0.1, -0.05) is 0 Å². The van der Waals surface area contributed by atoms with E-state index in [0.29, 0.717) is 43.1 Å². The third kappa shape index (κ3) is 4.39. The Morgan fingerprint density at radius 1 is 1.12 bits per heavy atom. The van der Waals surface area contributed by atoms with Crippen LogP contribution in [0, 0.1) is 40.5 Å². The molecule has 1 N–H and O–H groups in total. The summed E-state index contributed by atoms with van der Waals surface area (Å²) in [6.45, 7) is 10.4. The molecule has 0 unspecified atom stereocenters. The molecular formula is C22H32N8O3S. The van der Waals surface area contributed by atoms with Gasteiger partial charge in [0.2, 0.25) is 15.9 Å². The third-order valence-electron chi connectivity index (χ3n) is 6.56. The first-order valence-electron chi connectivity index (χ1n) is 11.3. The van der Waals surface area contributed by atoms with E-state index in [2.05, 4.69) is 20.6 Å². The molecule has 1 aliphatic rings. The van der Waals surface area contributed by atoms with Crippen LogP contribution in [0.25, 0.3) is 0 Å². The van der Waals surface area contributed by atoms with Crippen molar-refractivity contribution in [3.05, 3.63) is 40.7 Å². The number of hydrogen-bond acceptors (Lipinski definition) is 6. The van der Waals surface area contributed by atoms with Gasteiger partial charge < -0.3 is 5.32 Å². The van der Waals surface area contributed by atoms with Gasteiger partial charge in [0.25, 0.3) is 0 Å². The van der Waals surface area contributed by atoms with Crippen molar-refractivity contribution in [3.63, 3.8) is 0 Å². The van der Waals surface area contributed by atoms with Gasteiger partial charge in [-0.2, -0.15) is 19.6 Å². The number of sulfonamides is 1. The molecule has 1 aliphatic heterocycles. The fraction of sp³-hybridized carbons (Fsp3) is 0.545. The number of anilines is 1. The lowest BCUT2D eigenvalue weighted by atomic mass is 9.98. The molecule has 3 aromatic heterocycles. The van der Waals surface area contributed by atoms with E-state index in [1.165, 1.54) is 15.2 Å². The van der Waals surface area contributed by atoms with Crippen LogP contribution in [0.1, 0.15) is 41.3 Å². The molecular weight excluding hydrogens is 456 g/mol. The number of carbonyl (C=O) groups is 1. The van der Waals surface area contributed by atoms with Crippen LogP contribution in [0.5, 0.6) is 0 Å². The molecule has 0 saturated carbocycles. The van der Waals surface area contributed by atoms with Crippen LogP contribution in [-0.2, 0) is 28.5 Å². The highest BCUT2D eigenvalue weighted by Gasteiger charge is 2.35. The third-order valence-corrected chi connectivity index (χ3v) is 8.53. The minimum absolute atomic E-state index is 0.139. The van der Waals surface area contributed by atoms with Gasteiger partial charge in [0.15, 0.2) is 0 Å². The first kappa shape index (κ1) is 24.1. The molecule has 3 aromatic rings. The Morgan fingerprint density at radius 3 is 2.47 bits per heavy atom. The van der Waals surface area contributed by atoms with Crippen molar-refractivity contribution in [2.75, 3.05) is 18.4 Å². The van der Waals surface area contributed by atoms with Gasteiger partial charge in [0, 0.05) is 25.8 Å². The predicted octanol–water partition coefficient (Wildman–Crippen LogP) is 1.90. The Kier molecular flexibility index (Phi) is 6.38. The summed E-state index contributed by atoms with van der Waals surface area (Å²) in [5.74, 6) is -0.640. The SMILES string of the molecule is Cc1cc(C)n(Cn2nc(C)c(NC(=O)[C@H]3CCCN(S(=O)(=O)c4cnn(C)c4C)C3)c2C)n1. The van der Waals surface area contributed by atoms with Gasteiger partial charge >= 0.3 is 0 Å². The van der Waals surface area contributed by atoms with Crippen molar-refractivity contribution in [1.82, 2.24) is 33.6 Å². The van der Waals surface area contributed by atoms with Crippen molar-refractivity contribution in [2.24, 2.45) is 13.0 Å². The topological polar surface area (TPSA) is 120 Å². The van der Waals surface area contributed by atoms with Gasteiger partial charge in [0.1, 0.15) is 11.6 Å². The van der Waals surface area contributed by atoms with Crippen LogP contribution in [0.2, 0.25) is 0 Å². The highest BCUT2D eigenvalue weighted by molar-refractivity contribution is 7.89. The first-order chi connectivity index (χ1) is 16.0. The Morgan fingerprint density at radius 2 is 1.85 bits per heavy atom. The molecule has 1 saturated heterocycles. The number of carbonyl (C=O) groups excluding carboxylic acids is 1. The average Bonchev–Trinajstić information content (AvgIpc) is 3.39. The van der Waals surface area contributed by atoms with Gasteiger partial charge in [-0.25, -0.2) is 17.8 Å². The Balaban J connectivity index is 1.49. The molecule has 1 atom stereocenters. The van der Waals surface area contributed by atoms with Gasteiger partial charge in [-0.15, -0.1) is 0 Å². The summed E-state index contributed by atoms with van der Waals surface area (Å²) < 4.78 is 33.0.